The predicted octanol–water partition coefficient (Wildman–Crippen LogP) is 3.09. The highest BCUT2D eigenvalue weighted by molar-refractivity contribution is 5.36. The van der Waals surface area contributed by atoms with E-state index in [1.807, 2.05) is 12.1 Å². The van der Waals surface area contributed by atoms with E-state index in [0.717, 1.165) is 16.9 Å². The number of nitrogens with two attached hydrogens (primary N) is 1. The third-order valence-corrected chi connectivity index (χ3v) is 3.62. The molecule has 1 fully saturated rings. The quantitative estimate of drug-likeness (QED) is 0.647. The average Bonchev–Trinajstić information content (AvgIpc) is 3.27. The smallest absolute Gasteiger partial charge is 0.119 e. The minimum Gasteiger partial charge on any atom is -0.490 e. The summed E-state index contributed by atoms with van der Waals surface area (Å²) in [7, 11) is 0. The Morgan fingerprint density at radius 1 is 1.00 bits per heavy atom. The maximum absolute atomic E-state index is 5.76. The van der Waals surface area contributed by atoms with Crippen molar-refractivity contribution in [2.45, 2.75) is 31.9 Å². The van der Waals surface area contributed by atoms with Crippen LogP contribution in [0.2, 0.25) is 0 Å². The third-order valence-electron chi connectivity index (χ3n) is 3.62. The topological polar surface area (TPSA) is 47.3 Å². The van der Waals surface area contributed by atoms with Crippen molar-refractivity contribution in [3.8, 4) is 5.75 Å². The lowest BCUT2D eigenvalue weighted by atomic mass is 9.98. The third kappa shape index (κ3) is 3.00. The lowest BCUT2D eigenvalue weighted by Gasteiger charge is -2.17. The van der Waals surface area contributed by atoms with Gasteiger partial charge in [0.1, 0.15) is 5.75 Å². The van der Waals surface area contributed by atoms with Crippen LogP contribution in [-0.2, 0) is 0 Å². The first-order valence-electron chi connectivity index (χ1n) is 7.05. The highest BCUT2D eigenvalue weighted by Gasteiger charge is 2.23. The molecule has 0 amide bonds. The van der Waals surface area contributed by atoms with Crippen LogP contribution in [0.25, 0.3) is 0 Å². The molecule has 0 aliphatic heterocycles. The van der Waals surface area contributed by atoms with Crippen molar-refractivity contribution in [1.29, 1.82) is 0 Å². The molecule has 104 valence electrons. The van der Waals surface area contributed by atoms with E-state index in [2.05, 4.69) is 48.7 Å². The van der Waals surface area contributed by atoms with Crippen LogP contribution in [0.15, 0.2) is 48.5 Å². The van der Waals surface area contributed by atoms with Crippen molar-refractivity contribution >= 4 is 0 Å². The molecule has 0 spiro atoms. The van der Waals surface area contributed by atoms with E-state index in [-0.39, 0.29) is 6.04 Å². The number of hydrogen-bond donors (Lipinski definition) is 2. The summed E-state index contributed by atoms with van der Waals surface area (Å²) in [4.78, 5) is 0. The molecular weight excluding hydrogens is 248 g/mol. The first-order valence-corrected chi connectivity index (χ1v) is 7.05. The maximum Gasteiger partial charge on any atom is 0.119 e. The Morgan fingerprint density at radius 2 is 1.55 bits per heavy atom. The molecule has 0 heterocycles. The van der Waals surface area contributed by atoms with Crippen LogP contribution in [0.4, 0.5) is 0 Å². The van der Waals surface area contributed by atoms with Gasteiger partial charge in [0, 0.05) is 0 Å². The fraction of sp³-hybridized carbons (Fsp3) is 0.294. The van der Waals surface area contributed by atoms with Gasteiger partial charge >= 0.3 is 0 Å². The van der Waals surface area contributed by atoms with Crippen molar-refractivity contribution in [1.82, 2.24) is 5.43 Å². The average molecular weight is 268 g/mol. The fourth-order valence-electron chi connectivity index (χ4n) is 2.26. The monoisotopic (exact) mass is 268 g/mol. The number of aryl methyl sites for hydroxylation is 1. The molecule has 1 saturated carbocycles. The van der Waals surface area contributed by atoms with Crippen LogP contribution in [0, 0.1) is 6.92 Å². The Morgan fingerprint density at radius 3 is 2.05 bits per heavy atom. The highest BCUT2D eigenvalue weighted by Crippen LogP contribution is 2.28. The molecule has 1 aliphatic rings. The van der Waals surface area contributed by atoms with Gasteiger partial charge in [0.25, 0.3) is 0 Å². The van der Waals surface area contributed by atoms with Crippen molar-refractivity contribution < 1.29 is 4.74 Å². The van der Waals surface area contributed by atoms with Gasteiger partial charge in [0.05, 0.1) is 12.1 Å². The second-order valence-corrected chi connectivity index (χ2v) is 5.40. The van der Waals surface area contributed by atoms with Gasteiger partial charge in [0.2, 0.25) is 0 Å². The Bertz CT molecular complexity index is 559. The van der Waals surface area contributed by atoms with Gasteiger partial charge in [-0.15, -0.1) is 0 Å². The molecule has 0 radical (unpaired) electrons. The van der Waals surface area contributed by atoms with E-state index in [4.69, 9.17) is 10.6 Å². The molecule has 1 atom stereocenters. The van der Waals surface area contributed by atoms with Gasteiger partial charge < -0.3 is 4.74 Å². The van der Waals surface area contributed by atoms with Crippen molar-refractivity contribution in [2.24, 2.45) is 5.84 Å². The normalized spacial score (nSPS) is 15.9. The second-order valence-electron chi connectivity index (χ2n) is 5.40. The summed E-state index contributed by atoms with van der Waals surface area (Å²) >= 11 is 0. The molecule has 3 N–H and O–H groups in total. The molecule has 0 bridgehead atoms. The largest absolute Gasteiger partial charge is 0.490 e. The molecule has 3 heteroatoms. The summed E-state index contributed by atoms with van der Waals surface area (Å²) < 4.78 is 5.76. The van der Waals surface area contributed by atoms with E-state index < -0.39 is 0 Å². The molecule has 2 aromatic rings. The SMILES string of the molecule is Cc1ccc(C(NN)c2ccc(OC3CC3)cc2)cc1. The van der Waals surface area contributed by atoms with Gasteiger partial charge in [-0.25, -0.2) is 5.43 Å². The van der Waals surface area contributed by atoms with Crippen LogP contribution < -0.4 is 16.0 Å². The van der Waals surface area contributed by atoms with Crippen molar-refractivity contribution in [2.75, 3.05) is 0 Å². The highest BCUT2D eigenvalue weighted by atomic mass is 16.5. The molecule has 3 nitrogen and oxygen atoms in total. The first kappa shape index (κ1) is 13.2. The molecule has 3 rings (SSSR count). The van der Waals surface area contributed by atoms with Crippen LogP contribution in [0.1, 0.15) is 35.6 Å². The molecular formula is C17H20N2O. The van der Waals surface area contributed by atoms with Crippen molar-refractivity contribution in [3.63, 3.8) is 0 Å². The Labute approximate surface area is 119 Å². The zero-order chi connectivity index (χ0) is 13.9. The van der Waals surface area contributed by atoms with Crippen LogP contribution >= 0.6 is 0 Å². The Hall–Kier alpha value is -1.84. The summed E-state index contributed by atoms with van der Waals surface area (Å²) in [6.45, 7) is 2.08. The summed E-state index contributed by atoms with van der Waals surface area (Å²) in [5.41, 5.74) is 6.43. The molecule has 1 aliphatic carbocycles. The number of rotatable bonds is 5. The van der Waals surface area contributed by atoms with Crippen LogP contribution in [-0.4, -0.2) is 6.10 Å². The minimum atomic E-state index is 0.00516. The van der Waals surface area contributed by atoms with Gasteiger partial charge in [0.15, 0.2) is 0 Å². The fourth-order valence-corrected chi connectivity index (χ4v) is 2.26. The lowest BCUT2D eigenvalue weighted by Crippen LogP contribution is -2.28. The number of nitrogens with one attached hydrogen (secondary N) is 1. The predicted molar refractivity (Wildman–Crippen MR) is 80.4 cm³/mol. The van der Waals surface area contributed by atoms with E-state index in [0.29, 0.717) is 6.10 Å². The van der Waals surface area contributed by atoms with E-state index in [9.17, 15) is 0 Å². The molecule has 0 aromatic heterocycles. The van der Waals surface area contributed by atoms with Gasteiger partial charge in [-0.3, -0.25) is 5.84 Å². The van der Waals surface area contributed by atoms with E-state index in [1.54, 1.807) is 0 Å². The standard InChI is InChI=1S/C17H20N2O/c1-12-2-4-13(5-3-12)17(19-18)14-6-8-15(9-7-14)20-16-10-11-16/h2-9,16-17,19H,10-11,18H2,1H3. The summed E-state index contributed by atoms with van der Waals surface area (Å²) in [6.07, 6.45) is 2.79. The number of ether oxygens (including phenoxy) is 1. The Balaban J connectivity index is 1.79. The van der Waals surface area contributed by atoms with Gasteiger partial charge in [-0.05, 0) is 43.0 Å². The summed E-state index contributed by atoms with van der Waals surface area (Å²) in [5, 5.41) is 0. The molecule has 0 saturated heterocycles. The maximum atomic E-state index is 5.76. The number of hydrazine groups is 1. The van der Waals surface area contributed by atoms with Crippen LogP contribution in [0.5, 0.6) is 5.75 Å². The zero-order valence-corrected chi connectivity index (χ0v) is 11.7. The zero-order valence-electron chi connectivity index (χ0n) is 11.7. The summed E-state index contributed by atoms with van der Waals surface area (Å²) in [6, 6.07) is 16.6. The van der Waals surface area contributed by atoms with Crippen molar-refractivity contribution in [3.05, 3.63) is 65.2 Å². The second kappa shape index (κ2) is 5.65. The van der Waals surface area contributed by atoms with Gasteiger partial charge in [-0.1, -0.05) is 42.0 Å². The number of benzene rings is 2. The Kier molecular flexibility index (Phi) is 3.72. The molecule has 1 unspecified atom stereocenters. The molecule has 20 heavy (non-hydrogen) atoms. The van der Waals surface area contributed by atoms with Gasteiger partial charge in [-0.2, -0.15) is 0 Å². The first-order chi connectivity index (χ1) is 9.76. The van der Waals surface area contributed by atoms with Crippen LogP contribution in [0.3, 0.4) is 0 Å². The number of hydrogen-bond acceptors (Lipinski definition) is 3. The van der Waals surface area contributed by atoms with E-state index >= 15 is 0 Å². The lowest BCUT2D eigenvalue weighted by molar-refractivity contribution is 0.303. The summed E-state index contributed by atoms with van der Waals surface area (Å²) in [5.74, 6) is 6.66. The van der Waals surface area contributed by atoms with E-state index in [1.165, 1.54) is 18.4 Å². The minimum absolute atomic E-state index is 0.00516. The molecule has 2 aromatic carbocycles.